The minimum absolute atomic E-state index is 0.532. The predicted octanol–water partition coefficient (Wildman–Crippen LogP) is 4.48. The van der Waals surface area contributed by atoms with Crippen LogP contribution in [0.15, 0.2) is 34.8 Å². The molecule has 6 heteroatoms. The van der Waals surface area contributed by atoms with Gasteiger partial charge in [-0.25, -0.2) is 0 Å². The molecule has 0 aliphatic heterocycles. The van der Waals surface area contributed by atoms with E-state index in [-0.39, 0.29) is 0 Å². The molecule has 21 heavy (non-hydrogen) atoms. The van der Waals surface area contributed by atoms with Crippen LogP contribution in [0.1, 0.15) is 10.4 Å². The highest BCUT2D eigenvalue weighted by Crippen LogP contribution is 2.26. The molecule has 0 aliphatic carbocycles. The van der Waals surface area contributed by atoms with E-state index in [1.54, 1.807) is 7.11 Å². The highest BCUT2D eigenvalue weighted by atomic mass is 79.9. The first kappa shape index (κ1) is 16.8. The molecule has 0 saturated carbocycles. The van der Waals surface area contributed by atoms with E-state index < -0.39 is 0 Å². The first-order valence-electron chi connectivity index (χ1n) is 6.54. The maximum absolute atomic E-state index is 5.93. The quantitative estimate of drug-likeness (QED) is 0.674. The monoisotopic (exact) mass is 389 g/mol. The standard InChI is InChI=1S/C15H17BrClNO2S/c1-19-7-6-18-9-11-8-12(16)2-4-14(11)20-10-13-3-5-15(17)21-13/h2-5,8,18H,6-7,9-10H2,1H3. The van der Waals surface area contributed by atoms with Gasteiger partial charge < -0.3 is 14.8 Å². The van der Waals surface area contributed by atoms with Gasteiger partial charge >= 0.3 is 0 Å². The summed E-state index contributed by atoms with van der Waals surface area (Å²) in [6.45, 7) is 2.77. The first-order chi connectivity index (χ1) is 10.2. The number of nitrogens with one attached hydrogen (secondary N) is 1. The van der Waals surface area contributed by atoms with Crippen molar-refractivity contribution >= 4 is 38.9 Å². The summed E-state index contributed by atoms with van der Waals surface area (Å²) in [5, 5.41) is 3.33. The average molecular weight is 391 g/mol. The normalized spacial score (nSPS) is 10.8. The number of rotatable bonds is 8. The lowest BCUT2D eigenvalue weighted by Gasteiger charge is -2.12. The van der Waals surface area contributed by atoms with Crippen LogP contribution in [0.25, 0.3) is 0 Å². The summed E-state index contributed by atoms with van der Waals surface area (Å²) in [7, 11) is 1.70. The number of ether oxygens (including phenoxy) is 2. The van der Waals surface area contributed by atoms with E-state index in [0.29, 0.717) is 13.2 Å². The van der Waals surface area contributed by atoms with E-state index in [1.807, 2.05) is 24.3 Å². The molecule has 2 aromatic rings. The van der Waals surface area contributed by atoms with Gasteiger partial charge in [-0.05, 0) is 30.3 Å². The fraction of sp³-hybridized carbons (Fsp3) is 0.333. The van der Waals surface area contributed by atoms with Gasteiger partial charge in [0, 0.05) is 35.1 Å². The van der Waals surface area contributed by atoms with Gasteiger partial charge in [-0.2, -0.15) is 0 Å². The maximum atomic E-state index is 5.93. The summed E-state index contributed by atoms with van der Waals surface area (Å²) in [6, 6.07) is 9.90. The molecule has 0 radical (unpaired) electrons. The Labute approximate surface area is 142 Å². The fourth-order valence-electron chi connectivity index (χ4n) is 1.80. The van der Waals surface area contributed by atoms with E-state index in [9.17, 15) is 0 Å². The van der Waals surface area contributed by atoms with Crippen LogP contribution in [-0.2, 0) is 17.9 Å². The lowest BCUT2D eigenvalue weighted by atomic mass is 10.2. The van der Waals surface area contributed by atoms with Gasteiger partial charge in [-0.1, -0.05) is 27.5 Å². The van der Waals surface area contributed by atoms with E-state index >= 15 is 0 Å². The molecule has 0 aliphatic rings. The van der Waals surface area contributed by atoms with Crippen molar-refractivity contribution in [3.05, 3.63) is 49.6 Å². The van der Waals surface area contributed by atoms with Crippen LogP contribution < -0.4 is 10.1 Å². The summed E-state index contributed by atoms with van der Waals surface area (Å²) in [6.07, 6.45) is 0. The van der Waals surface area contributed by atoms with Gasteiger partial charge in [0.05, 0.1) is 10.9 Å². The Balaban J connectivity index is 1.97. The van der Waals surface area contributed by atoms with Crippen molar-refractivity contribution < 1.29 is 9.47 Å². The van der Waals surface area contributed by atoms with Gasteiger partial charge in [-0.3, -0.25) is 0 Å². The van der Waals surface area contributed by atoms with E-state index in [2.05, 4.69) is 27.3 Å². The highest BCUT2D eigenvalue weighted by Gasteiger charge is 2.06. The zero-order chi connectivity index (χ0) is 15.1. The molecule has 0 spiro atoms. The van der Waals surface area contributed by atoms with Crippen LogP contribution in [0.2, 0.25) is 4.34 Å². The Hall–Kier alpha value is -0.590. The van der Waals surface area contributed by atoms with Crippen molar-refractivity contribution in [2.45, 2.75) is 13.2 Å². The Kier molecular flexibility index (Phi) is 6.99. The van der Waals surface area contributed by atoms with E-state index in [0.717, 1.165) is 38.1 Å². The molecule has 0 fully saturated rings. The number of thiophene rings is 1. The smallest absolute Gasteiger partial charge is 0.124 e. The van der Waals surface area contributed by atoms with Crippen molar-refractivity contribution in [2.75, 3.05) is 20.3 Å². The molecule has 0 unspecified atom stereocenters. The van der Waals surface area contributed by atoms with Crippen molar-refractivity contribution in [3.63, 3.8) is 0 Å². The average Bonchev–Trinajstić information content (AvgIpc) is 2.88. The minimum atomic E-state index is 0.532. The van der Waals surface area contributed by atoms with Gasteiger partial charge in [0.1, 0.15) is 12.4 Å². The second kappa shape index (κ2) is 8.76. The van der Waals surface area contributed by atoms with Gasteiger partial charge in [0.25, 0.3) is 0 Å². The molecular weight excluding hydrogens is 374 g/mol. The molecule has 0 bridgehead atoms. The Morgan fingerprint density at radius 1 is 1.29 bits per heavy atom. The Morgan fingerprint density at radius 2 is 2.14 bits per heavy atom. The van der Waals surface area contributed by atoms with Crippen molar-refractivity contribution in [1.82, 2.24) is 5.32 Å². The SMILES string of the molecule is COCCNCc1cc(Br)ccc1OCc1ccc(Cl)s1. The minimum Gasteiger partial charge on any atom is -0.488 e. The first-order valence-corrected chi connectivity index (χ1v) is 8.53. The summed E-state index contributed by atoms with van der Waals surface area (Å²) >= 11 is 11.0. The van der Waals surface area contributed by atoms with Crippen molar-refractivity contribution in [1.29, 1.82) is 0 Å². The molecule has 2 rings (SSSR count). The zero-order valence-electron chi connectivity index (χ0n) is 11.7. The Morgan fingerprint density at radius 3 is 2.86 bits per heavy atom. The second-order valence-corrected chi connectivity index (χ2v) is 7.13. The highest BCUT2D eigenvalue weighted by molar-refractivity contribution is 9.10. The van der Waals surface area contributed by atoms with Gasteiger partial charge in [-0.15, -0.1) is 11.3 Å². The number of methoxy groups -OCH3 is 1. The maximum Gasteiger partial charge on any atom is 0.124 e. The third kappa shape index (κ3) is 5.60. The van der Waals surface area contributed by atoms with Crippen LogP contribution in [0.4, 0.5) is 0 Å². The molecule has 1 aromatic heterocycles. The molecule has 114 valence electrons. The van der Waals surface area contributed by atoms with Crippen molar-refractivity contribution in [2.24, 2.45) is 0 Å². The second-order valence-electron chi connectivity index (χ2n) is 4.42. The number of hydrogen-bond donors (Lipinski definition) is 1. The van der Waals surface area contributed by atoms with Crippen LogP contribution >= 0.6 is 38.9 Å². The predicted molar refractivity (Wildman–Crippen MR) is 91.4 cm³/mol. The van der Waals surface area contributed by atoms with Gasteiger partial charge in [0.15, 0.2) is 0 Å². The summed E-state index contributed by atoms with van der Waals surface area (Å²) in [5.74, 6) is 0.882. The molecule has 1 N–H and O–H groups in total. The zero-order valence-corrected chi connectivity index (χ0v) is 14.9. The number of halogens is 2. The summed E-state index contributed by atoms with van der Waals surface area (Å²) in [4.78, 5) is 1.11. The molecule has 0 atom stereocenters. The molecule has 1 aromatic carbocycles. The third-order valence-corrected chi connectivity index (χ3v) is 4.52. The lowest BCUT2D eigenvalue weighted by Crippen LogP contribution is -2.19. The van der Waals surface area contributed by atoms with Crippen LogP contribution in [0.5, 0.6) is 5.75 Å². The van der Waals surface area contributed by atoms with Crippen LogP contribution in [-0.4, -0.2) is 20.3 Å². The molecule has 1 heterocycles. The van der Waals surface area contributed by atoms with E-state index in [4.69, 9.17) is 21.1 Å². The summed E-state index contributed by atoms with van der Waals surface area (Å²) < 4.78 is 12.8. The van der Waals surface area contributed by atoms with E-state index in [1.165, 1.54) is 11.3 Å². The molecular formula is C15H17BrClNO2S. The molecule has 0 amide bonds. The third-order valence-electron chi connectivity index (χ3n) is 2.82. The lowest BCUT2D eigenvalue weighted by molar-refractivity contribution is 0.199. The topological polar surface area (TPSA) is 30.5 Å². The van der Waals surface area contributed by atoms with Crippen LogP contribution in [0.3, 0.4) is 0 Å². The number of benzene rings is 1. The molecule has 3 nitrogen and oxygen atoms in total. The van der Waals surface area contributed by atoms with Crippen molar-refractivity contribution in [3.8, 4) is 5.75 Å². The fourth-order valence-corrected chi connectivity index (χ4v) is 3.21. The Bertz CT molecular complexity index is 577. The molecule has 0 saturated heterocycles. The van der Waals surface area contributed by atoms with Crippen LogP contribution in [0, 0.1) is 0 Å². The summed E-state index contributed by atoms with van der Waals surface area (Å²) in [5.41, 5.74) is 1.11. The van der Waals surface area contributed by atoms with Gasteiger partial charge in [0.2, 0.25) is 0 Å². The largest absolute Gasteiger partial charge is 0.488 e. The number of hydrogen-bond acceptors (Lipinski definition) is 4.